The van der Waals surface area contributed by atoms with Crippen LogP contribution in [0.25, 0.3) is 0 Å². The lowest BCUT2D eigenvalue weighted by Gasteiger charge is -2.30. The van der Waals surface area contributed by atoms with Gasteiger partial charge in [0, 0.05) is 0 Å². The summed E-state index contributed by atoms with van der Waals surface area (Å²) in [7, 11) is 0. The summed E-state index contributed by atoms with van der Waals surface area (Å²) in [5.74, 6) is 4.65. The van der Waals surface area contributed by atoms with Gasteiger partial charge in [-0.1, -0.05) is 43.2 Å². The third-order valence-corrected chi connectivity index (χ3v) is 5.05. The molecule has 1 heterocycles. The van der Waals surface area contributed by atoms with Crippen LogP contribution in [0.3, 0.4) is 0 Å². The summed E-state index contributed by atoms with van der Waals surface area (Å²) < 4.78 is 5.61. The van der Waals surface area contributed by atoms with Crippen molar-refractivity contribution < 1.29 is 19.4 Å². The van der Waals surface area contributed by atoms with Gasteiger partial charge in [0.1, 0.15) is 17.4 Å². The van der Waals surface area contributed by atoms with E-state index in [4.69, 9.17) is 4.74 Å². The molecule has 2 atom stereocenters. The molecule has 2 unspecified atom stereocenters. The van der Waals surface area contributed by atoms with Gasteiger partial charge in [-0.2, -0.15) is 4.99 Å². The fourth-order valence-corrected chi connectivity index (χ4v) is 3.70. The number of esters is 1. The van der Waals surface area contributed by atoms with Gasteiger partial charge in [-0.25, -0.2) is 4.79 Å². The Morgan fingerprint density at radius 1 is 1.33 bits per heavy atom. The highest BCUT2D eigenvalue weighted by atomic mass is 16.5. The fraction of sp³-hybridized carbons (Fsp3) is 0.476. The molecule has 2 N–H and O–H groups in total. The molecule has 3 rings (SSSR count). The molecular weight excluding hydrogens is 344 g/mol. The zero-order valence-corrected chi connectivity index (χ0v) is 15.4. The number of phenolic OH excluding ortho intramolecular Hbond substituents is 1. The molecule has 1 aromatic rings. The summed E-state index contributed by atoms with van der Waals surface area (Å²) >= 11 is 0. The number of benzene rings is 1. The number of phenols is 1. The second-order valence-electron chi connectivity index (χ2n) is 7.01. The molecule has 27 heavy (non-hydrogen) atoms. The van der Waals surface area contributed by atoms with Crippen LogP contribution in [0.1, 0.15) is 50.6 Å². The maximum atomic E-state index is 12.9. The smallest absolute Gasteiger partial charge is 0.342 e. The molecule has 1 aliphatic carbocycles. The number of rotatable bonds is 4. The van der Waals surface area contributed by atoms with Gasteiger partial charge >= 0.3 is 12.0 Å². The first-order valence-corrected chi connectivity index (χ1v) is 9.36. The fourth-order valence-electron chi connectivity index (χ4n) is 3.70. The van der Waals surface area contributed by atoms with Crippen molar-refractivity contribution in [1.29, 1.82) is 0 Å². The van der Waals surface area contributed by atoms with E-state index in [9.17, 15) is 14.7 Å². The van der Waals surface area contributed by atoms with Gasteiger partial charge in [0.2, 0.25) is 0 Å². The third-order valence-electron chi connectivity index (χ3n) is 5.05. The van der Waals surface area contributed by atoms with E-state index >= 15 is 0 Å². The number of nitrogens with one attached hydrogen (secondary N) is 1. The lowest BCUT2D eigenvalue weighted by atomic mass is 9.87. The average Bonchev–Trinajstić information content (AvgIpc) is 2.67. The summed E-state index contributed by atoms with van der Waals surface area (Å²) in [4.78, 5) is 28.8. The minimum atomic E-state index is -0.833. The van der Waals surface area contributed by atoms with E-state index in [1.165, 1.54) is 31.4 Å². The summed E-state index contributed by atoms with van der Waals surface area (Å²) in [5.41, 5.74) is 0.802. The highest BCUT2D eigenvalue weighted by molar-refractivity contribution is 6.17. The number of amides is 2. The van der Waals surface area contributed by atoms with Crippen LogP contribution < -0.4 is 5.32 Å². The Labute approximate surface area is 159 Å². The third kappa shape index (κ3) is 4.68. The summed E-state index contributed by atoms with van der Waals surface area (Å²) in [5, 5.41) is 12.5. The van der Waals surface area contributed by atoms with Gasteiger partial charge in [0.05, 0.1) is 12.6 Å². The zero-order valence-electron chi connectivity index (χ0n) is 15.4. The molecule has 6 heteroatoms. The minimum absolute atomic E-state index is 0.0571. The maximum Gasteiger partial charge on any atom is 0.342 e. The number of carbonyl (C=O) groups is 2. The number of ether oxygens (including phenoxy) is 1. The van der Waals surface area contributed by atoms with Crippen LogP contribution in [0.2, 0.25) is 0 Å². The van der Waals surface area contributed by atoms with Gasteiger partial charge in [-0.05, 0) is 43.4 Å². The first-order chi connectivity index (χ1) is 13.1. The van der Waals surface area contributed by atoms with Crippen LogP contribution in [-0.4, -0.2) is 29.4 Å². The Bertz CT molecular complexity index is 800. The van der Waals surface area contributed by atoms with Crippen LogP contribution in [0.15, 0.2) is 29.3 Å². The van der Waals surface area contributed by atoms with E-state index in [0.29, 0.717) is 18.1 Å². The van der Waals surface area contributed by atoms with Gasteiger partial charge < -0.3 is 15.2 Å². The lowest BCUT2D eigenvalue weighted by molar-refractivity contribution is -0.148. The van der Waals surface area contributed by atoms with E-state index < -0.39 is 24.0 Å². The Morgan fingerprint density at radius 3 is 2.81 bits per heavy atom. The van der Waals surface area contributed by atoms with Gasteiger partial charge in [0.25, 0.3) is 0 Å². The average molecular weight is 368 g/mol. The topological polar surface area (TPSA) is 88.0 Å². The van der Waals surface area contributed by atoms with Crippen LogP contribution in [0, 0.1) is 23.7 Å². The standard InChI is InChI=1S/C21H24N2O4/c1-2-7-17-18(20(25)27-13-14-8-4-3-5-9-14)19(23-21(26)22-17)15-10-6-11-16(24)12-15/h6,10-12,14,18-19,24H,3-5,8-9,13H2,1H3,(H,23,26). The van der Waals surface area contributed by atoms with Crippen LogP contribution >= 0.6 is 0 Å². The van der Waals surface area contributed by atoms with E-state index in [0.717, 1.165) is 12.8 Å². The van der Waals surface area contributed by atoms with Crippen molar-refractivity contribution in [3.63, 3.8) is 0 Å². The van der Waals surface area contributed by atoms with Crippen LogP contribution in [0.4, 0.5) is 4.79 Å². The lowest BCUT2D eigenvalue weighted by Crippen LogP contribution is -2.45. The molecule has 1 fully saturated rings. The number of hydrogen-bond acceptors (Lipinski definition) is 4. The Morgan fingerprint density at radius 2 is 2.11 bits per heavy atom. The molecule has 1 aromatic carbocycles. The van der Waals surface area contributed by atoms with Crippen molar-refractivity contribution in [2.24, 2.45) is 16.8 Å². The molecule has 1 aliphatic heterocycles. The molecule has 6 nitrogen and oxygen atoms in total. The Hall–Kier alpha value is -2.81. The van der Waals surface area contributed by atoms with Gasteiger partial charge in [-0.15, -0.1) is 0 Å². The molecular formula is C21H24N2O4. The number of aliphatic imine (C=N–C) groups is 1. The minimum Gasteiger partial charge on any atom is -0.508 e. The molecule has 0 bridgehead atoms. The number of carbonyl (C=O) groups excluding carboxylic acids is 2. The SMILES string of the molecule is CC#CC1=NC(=O)NC(c2cccc(O)c2)C1C(=O)OCC1CCCCC1. The van der Waals surface area contributed by atoms with E-state index in [-0.39, 0.29) is 11.5 Å². The van der Waals surface area contributed by atoms with Crippen LogP contribution in [0.5, 0.6) is 5.75 Å². The second kappa shape index (κ2) is 8.72. The zero-order chi connectivity index (χ0) is 19.2. The maximum absolute atomic E-state index is 12.9. The van der Waals surface area contributed by atoms with Crippen molar-refractivity contribution in [1.82, 2.24) is 5.32 Å². The number of nitrogens with zero attached hydrogens (tertiary/aromatic N) is 1. The summed E-state index contributed by atoms with van der Waals surface area (Å²) in [6.07, 6.45) is 5.71. The molecule has 2 aliphatic rings. The van der Waals surface area contributed by atoms with Gasteiger partial charge in [-0.3, -0.25) is 4.79 Å². The predicted octanol–water partition coefficient (Wildman–Crippen LogP) is 3.36. The molecule has 0 saturated heterocycles. The van der Waals surface area contributed by atoms with Crippen molar-refractivity contribution in [3.8, 4) is 17.6 Å². The highest BCUT2D eigenvalue weighted by Crippen LogP contribution is 2.30. The molecule has 1 saturated carbocycles. The van der Waals surface area contributed by atoms with Crippen molar-refractivity contribution in [3.05, 3.63) is 29.8 Å². The monoisotopic (exact) mass is 368 g/mol. The first kappa shape index (κ1) is 19.0. The quantitative estimate of drug-likeness (QED) is 0.630. The number of aromatic hydroxyl groups is 1. The van der Waals surface area contributed by atoms with Crippen molar-refractivity contribution in [2.45, 2.75) is 45.1 Å². The Balaban J connectivity index is 1.84. The van der Waals surface area contributed by atoms with E-state index in [2.05, 4.69) is 22.2 Å². The van der Waals surface area contributed by atoms with Crippen LogP contribution in [-0.2, 0) is 9.53 Å². The largest absolute Gasteiger partial charge is 0.508 e. The van der Waals surface area contributed by atoms with Crippen molar-refractivity contribution in [2.75, 3.05) is 6.61 Å². The first-order valence-electron chi connectivity index (χ1n) is 9.36. The summed E-state index contributed by atoms with van der Waals surface area (Å²) in [6.45, 7) is 2.01. The predicted molar refractivity (Wildman–Crippen MR) is 101 cm³/mol. The summed E-state index contributed by atoms with van der Waals surface area (Å²) in [6, 6.07) is 5.22. The van der Waals surface area contributed by atoms with E-state index in [1.54, 1.807) is 19.1 Å². The van der Waals surface area contributed by atoms with Gasteiger partial charge in [0.15, 0.2) is 0 Å². The number of hydrogen-bond donors (Lipinski definition) is 2. The van der Waals surface area contributed by atoms with E-state index in [1.807, 2.05) is 0 Å². The number of urea groups is 1. The normalized spacial score (nSPS) is 22.9. The highest BCUT2D eigenvalue weighted by Gasteiger charge is 2.39. The molecule has 0 aromatic heterocycles. The van der Waals surface area contributed by atoms with Crippen molar-refractivity contribution >= 4 is 17.7 Å². The molecule has 0 radical (unpaired) electrons. The molecule has 2 amide bonds. The molecule has 142 valence electrons. The molecule has 0 spiro atoms. The Kier molecular flexibility index (Phi) is 6.12. The second-order valence-corrected chi connectivity index (χ2v) is 7.01.